The van der Waals surface area contributed by atoms with Crippen LogP contribution in [0.25, 0.3) is 11.5 Å². The number of aromatic nitrogens is 2. The Morgan fingerprint density at radius 2 is 1.65 bits per heavy atom. The van der Waals surface area contributed by atoms with E-state index in [-0.39, 0.29) is 18.0 Å². The number of hydrogen-bond acceptors (Lipinski definition) is 7. The molecule has 14 heteroatoms. The number of hydrogen-bond donors (Lipinski definition) is 2. The normalized spacial score (nSPS) is 11.7. The van der Waals surface area contributed by atoms with Crippen molar-refractivity contribution < 1.29 is 40.1 Å². The molecule has 2 N–H and O–H groups in total. The average Bonchev–Trinajstić information content (AvgIpc) is 3.33. The number of para-hydroxylation sites is 1. The number of alkyl halides is 3. The van der Waals surface area contributed by atoms with Gasteiger partial charge in [0.05, 0.1) is 5.69 Å². The van der Waals surface area contributed by atoms with Crippen LogP contribution in [0.4, 0.5) is 18.9 Å². The summed E-state index contributed by atoms with van der Waals surface area (Å²) in [7, 11) is -5.67. The van der Waals surface area contributed by atoms with Crippen LogP contribution in [0, 0.1) is 0 Å². The van der Waals surface area contributed by atoms with Gasteiger partial charge in [0.25, 0.3) is 0 Å². The van der Waals surface area contributed by atoms with E-state index in [2.05, 4.69) is 15.5 Å². The molecule has 0 atom stereocenters. The smallest absolute Gasteiger partial charge is 0.457 e. The third-order valence-electron chi connectivity index (χ3n) is 4.76. The van der Waals surface area contributed by atoms with Crippen molar-refractivity contribution in [1.29, 1.82) is 0 Å². The van der Waals surface area contributed by atoms with Crippen molar-refractivity contribution in [2.75, 3.05) is 4.31 Å². The number of carbonyl (C=O) groups excluding carboxylic acids is 1. The molecule has 0 spiro atoms. The number of carbonyl (C=O) groups is 1. The molecule has 1 amide bonds. The first-order valence-corrected chi connectivity index (χ1v) is 11.8. The van der Waals surface area contributed by atoms with Crippen LogP contribution in [0.5, 0.6) is 11.5 Å². The quantitative estimate of drug-likeness (QED) is 0.248. The zero-order valence-corrected chi connectivity index (χ0v) is 19.4. The SMILES string of the molecule is O=C(NCc1ccc(Oc2ccccc2)cc1)c1nnc(-c2cccc(N(C(F)(F)F)S(=O)(=O)O)c2)o1. The van der Waals surface area contributed by atoms with Crippen LogP contribution in [0.2, 0.25) is 0 Å². The van der Waals surface area contributed by atoms with Crippen LogP contribution >= 0.6 is 0 Å². The van der Waals surface area contributed by atoms with Crippen molar-refractivity contribution in [3.63, 3.8) is 0 Å². The summed E-state index contributed by atoms with van der Waals surface area (Å²) in [6, 6.07) is 20.0. The van der Waals surface area contributed by atoms with Gasteiger partial charge in [0, 0.05) is 12.1 Å². The Labute approximate surface area is 208 Å². The van der Waals surface area contributed by atoms with E-state index in [4.69, 9.17) is 13.7 Å². The molecule has 37 heavy (non-hydrogen) atoms. The number of benzene rings is 3. The lowest BCUT2D eigenvalue weighted by Gasteiger charge is -2.23. The molecule has 10 nitrogen and oxygen atoms in total. The highest BCUT2D eigenvalue weighted by molar-refractivity contribution is 7.87. The third-order valence-corrected chi connectivity index (χ3v) is 5.64. The van der Waals surface area contributed by atoms with Gasteiger partial charge in [-0.1, -0.05) is 36.4 Å². The lowest BCUT2D eigenvalue weighted by molar-refractivity contribution is -0.116. The maximum Gasteiger partial charge on any atom is 0.500 e. The predicted molar refractivity (Wildman–Crippen MR) is 124 cm³/mol. The van der Waals surface area contributed by atoms with Gasteiger partial charge in [-0.05, 0) is 48.0 Å². The van der Waals surface area contributed by atoms with Crippen molar-refractivity contribution in [2.45, 2.75) is 12.8 Å². The number of ether oxygens (including phenoxy) is 1. The molecule has 4 rings (SSSR count). The zero-order valence-electron chi connectivity index (χ0n) is 18.6. The van der Waals surface area contributed by atoms with Gasteiger partial charge in [-0.25, -0.2) is 0 Å². The molecule has 0 aliphatic heterocycles. The minimum Gasteiger partial charge on any atom is -0.457 e. The fraction of sp³-hybridized carbons (Fsp3) is 0.0870. The predicted octanol–water partition coefficient (Wildman–Crippen LogP) is 4.59. The van der Waals surface area contributed by atoms with E-state index in [1.807, 2.05) is 30.3 Å². The molecular weight excluding hydrogens is 517 g/mol. The van der Waals surface area contributed by atoms with Crippen molar-refractivity contribution >= 4 is 21.9 Å². The lowest BCUT2D eigenvalue weighted by atomic mass is 10.2. The largest absolute Gasteiger partial charge is 0.500 e. The molecule has 192 valence electrons. The van der Waals surface area contributed by atoms with Crippen LogP contribution in [0.1, 0.15) is 16.2 Å². The van der Waals surface area contributed by atoms with Gasteiger partial charge < -0.3 is 14.5 Å². The molecule has 0 bridgehead atoms. The fourth-order valence-corrected chi connectivity index (χ4v) is 3.81. The first-order valence-electron chi connectivity index (χ1n) is 10.4. The molecule has 1 heterocycles. The standard InChI is InChI=1S/C23H17F3N4O6S/c24-23(25,26)30(37(32,33)34)17-6-4-5-16(13-17)21-28-29-22(36-21)20(31)27-14-15-9-11-19(12-10-15)35-18-7-2-1-3-8-18/h1-13H,14H2,(H,27,31)(H,32,33,34). The van der Waals surface area contributed by atoms with E-state index in [1.54, 1.807) is 24.3 Å². The highest BCUT2D eigenvalue weighted by atomic mass is 32.2. The Morgan fingerprint density at radius 1 is 0.973 bits per heavy atom. The molecule has 0 aliphatic rings. The van der Waals surface area contributed by atoms with Crippen molar-refractivity contribution in [1.82, 2.24) is 15.5 Å². The molecule has 0 saturated heterocycles. The van der Waals surface area contributed by atoms with Gasteiger partial charge in [-0.2, -0.15) is 12.7 Å². The van der Waals surface area contributed by atoms with E-state index < -0.39 is 38.4 Å². The van der Waals surface area contributed by atoms with E-state index in [1.165, 1.54) is 6.07 Å². The maximum atomic E-state index is 13.2. The second-order valence-corrected chi connectivity index (χ2v) is 8.68. The second kappa shape index (κ2) is 10.3. The maximum absolute atomic E-state index is 13.2. The van der Waals surface area contributed by atoms with Gasteiger partial charge in [0.15, 0.2) is 0 Å². The van der Waals surface area contributed by atoms with Crippen molar-refractivity contribution in [3.8, 4) is 23.0 Å². The van der Waals surface area contributed by atoms with Crippen LogP contribution in [-0.2, 0) is 16.8 Å². The van der Waals surface area contributed by atoms with Gasteiger partial charge >= 0.3 is 28.4 Å². The minimum absolute atomic E-state index is 0.104. The molecule has 0 fully saturated rings. The third kappa shape index (κ3) is 6.42. The Hall–Kier alpha value is -4.43. The topological polar surface area (TPSA) is 135 Å². The molecule has 0 saturated carbocycles. The molecule has 0 aliphatic carbocycles. The van der Waals surface area contributed by atoms with E-state index >= 15 is 0 Å². The van der Waals surface area contributed by atoms with Crippen molar-refractivity contribution in [2.24, 2.45) is 0 Å². The monoisotopic (exact) mass is 534 g/mol. The number of anilines is 1. The Kier molecular flexibility index (Phi) is 7.13. The Morgan fingerprint density at radius 3 is 2.30 bits per heavy atom. The molecule has 4 aromatic rings. The number of nitrogens with zero attached hydrogens (tertiary/aromatic N) is 3. The van der Waals surface area contributed by atoms with Gasteiger partial charge in [0.1, 0.15) is 11.5 Å². The Bertz CT molecular complexity index is 1490. The molecule has 0 unspecified atom stereocenters. The lowest BCUT2D eigenvalue weighted by Crippen LogP contribution is -2.42. The van der Waals surface area contributed by atoms with E-state index in [0.717, 1.165) is 23.8 Å². The molecule has 3 aromatic carbocycles. The highest BCUT2D eigenvalue weighted by Gasteiger charge is 2.45. The summed E-state index contributed by atoms with van der Waals surface area (Å²) in [5.41, 5.74) is -0.300. The first-order chi connectivity index (χ1) is 17.5. The highest BCUT2D eigenvalue weighted by Crippen LogP contribution is 2.33. The summed E-state index contributed by atoms with van der Waals surface area (Å²) in [5, 5.41) is 9.79. The van der Waals surface area contributed by atoms with Gasteiger partial charge in [0.2, 0.25) is 5.89 Å². The summed E-state index contributed by atoms with van der Waals surface area (Å²) in [6.07, 6.45) is -5.43. The Balaban J connectivity index is 1.42. The van der Waals surface area contributed by atoms with Gasteiger partial charge in [-0.3, -0.25) is 9.35 Å². The van der Waals surface area contributed by atoms with Crippen LogP contribution in [0.15, 0.2) is 83.3 Å². The number of amides is 1. The van der Waals surface area contributed by atoms with Crippen LogP contribution in [0.3, 0.4) is 0 Å². The number of rotatable bonds is 8. The molecule has 1 aromatic heterocycles. The van der Waals surface area contributed by atoms with Crippen LogP contribution < -0.4 is 14.4 Å². The number of nitrogens with one attached hydrogen (secondary N) is 1. The summed E-state index contributed by atoms with van der Waals surface area (Å²) >= 11 is 0. The average molecular weight is 534 g/mol. The second-order valence-electron chi connectivity index (χ2n) is 7.41. The van der Waals surface area contributed by atoms with Crippen molar-refractivity contribution in [3.05, 3.63) is 90.3 Å². The summed E-state index contributed by atoms with van der Waals surface area (Å²) in [4.78, 5) is 12.4. The van der Waals surface area contributed by atoms with E-state index in [0.29, 0.717) is 11.5 Å². The van der Waals surface area contributed by atoms with Gasteiger partial charge in [-0.15, -0.1) is 23.4 Å². The van der Waals surface area contributed by atoms with Crippen LogP contribution in [-0.4, -0.2) is 35.4 Å². The number of halogens is 3. The fourth-order valence-electron chi connectivity index (χ4n) is 3.17. The first kappa shape index (κ1) is 25.7. The molecule has 0 radical (unpaired) electrons. The zero-order chi connectivity index (χ0) is 26.6. The summed E-state index contributed by atoms with van der Waals surface area (Å²) < 4.78 is 80.8. The molecular formula is C23H17F3N4O6S. The summed E-state index contributed by atoms with van der Waals surface area (Å²) in [5.74, 6) is -0.276. The minimum atomic E-state index is -5.67. The summed E-state index contributed by atoms with van der Waals surface area (Å²) in [6.45, 7) is 0.104. The van der Waals surface area contributed by atoms with E-state index in [9.17, 15) is 26.4 Å².